The first-order valence-electron chi connectivity index (χ1n) is 11.0. The third-order valence-corrected chi connectivity index (χ3v) is 7.22. The third kappa shape index (κ3) is 3.85. The lowest BCUT2D eigenvalue weighted by molar-refractivity contribution is 0.0378. The topological polar surface area (TPSA) is 26.3 Å². The minimum Gasteiger partial charge on any atom is -0.459 e. The lowest BCUT2D eigenvalue weighted by Crippen LogP contribution is -2.30. The molecule has 0 heterocycles. The zero-order valence-corrected chi connectivity index (χ0v) is 20.0. The van der Waals surface area contributed by atoms with Crippen molar-refractivity contribution in [3.8, 4) is 0 Å². The van der Waals surface area contributed by atoms with Gasteiger partial charge in [0.05, 0.1) is 11.7 Å². The van der Waals surface area contributed by atoms with E-state index in [1.165, 1.54) is 27.8 Å². The van der Waals surface area contributed by atoms with Crippen LogP contribution in [0.4, 0.5) is 0 Å². The molecule has 1 atom stereocenters. The van der Waals surface area contributed by atoms with Gasteiger partial charge in [0.25, 0.3) is 0 Å². The van der Waals surface area contributed by atoms with Gasteiger partial charge < -0.3 is 4.74 Å². The molecule has 2 aromatic carbocycles. The van der Waals surface area contributed by atoms with Crippen LogP contribution < -0.4 is 0 Å². The number of ether oxygens (including phenoxy) is 1. The highest BCUT2D eigenvalue weighted by molar-refractivity contribution is 5.90. The Hall–Kier alpha value is -2.35. The Balaban J connectivity index is 1.95. The molecule has 2 heteroatoms. The van der Waals surface area contributed by atoms with E-state index < -0.39 is 0 Å². The number of esters is 1. The lowest BCUT2D eigenvalue weighted by Gasteiger charge is -2.32. The quantitative estimate of drug-likeness (QED) is 0.394. The average Bonchev–Trinajstić information content (AvgIpc) is 2.78. The van der Waals surface area contributed by atoms with Crippen molar-refractivity contribution in [1.82, 2.24) is 0 Å². The van der Waals surface area contributed by atoms with Crippen molar-refractivity contribution in [3.05, 3.63) is 69.8 Å². The number of carbonyl (C=O) groups excluding carboxylic acids is 1. The first-order valence-corrected chi connectivity index (χ1v) is 11.0. The number of aryl methyl sites for hydroxylation is 1. The fourth-order valence-electron chi connectivity index (χ4n) is 4.89. The minimum atomic E-state index is -0.273. The fourth-order valence-corrected chi connectivity index (χ4v) is 4.89. The van der Waals surface area contributed by atoms with Gasteiger partial charge in [-0.2, -0.15) is 0 Å². The molecule has 0 aliphatic heterocycles. The van der Waals surface area contributed by atoms with E-state index in [9.17, 15) is 4.79 Å². The molecule has 0 spiro atoms. The fraction of sp³-hybridized carbons (Fsp3) is 0.464. The molecule has 30 heavy (non-hydrogen) atoms. The number of hydrogen-bond donors (Lipinski definition) is 0. The first-order chi connectivity index (χ1) is 13.9. The van der Waals surface area contributed by atoms with Crippen molar-refractivity contribution in [2.45, 2.75) is 79.2 Å². The molecule has 0 saturated heterocycles. The van der Waals surface area contributed by atoms with Gasteiger partial charge in [0.2, 0.25) is 0 Å². The summed E-state index contributed by atoms with van der Waals surface area (Å²) in [5.41, 5.74) is 8.82. The van der Waals surface area contributed by atoms with Crippen molar-refractivity contribution in [2.75, 3.05) is 0 Å². The van der Waals surface area contributed by atoms with E-state index >= 15 is 0 Å². The monoisotopic (exact) mass is 404 g/mol. The van der Waals surface area contributed by atoms with Crippen molar-refractivity contribution in [1.29, 1.82) is 0 Å². The number of benzene rings is 2. The standard InChI is InChI=1S/C28H36O2/c1-17(2)30-26(29)22-12-10-21(11-13-22)14-18(3)23-16-25-24(15-19(23)4)27(6,7)20(5)28(25,8)9/h10-17,20H,1-9H3/b18-14+. The third-order valence-electron chi connectivity index (χ3n) is 7.22. The van der Waals surface area contributed by atoms with E-state index in [0.29, 0.717) is 11.5 Å². The van der Waals surface area contributed by atoms with E-state index in [4.69, 9.17) is 4.74 Å². The van der Waals surface area contributed by atoms with Crippen LogP contribution in [0.15, 0.2) is 36.4 Å². The highest BCUT2D eigenvalue weighted by Crippen LogP contribution is 2.54. The molecule has 0 bridgehead atoms. The summed E-state index contributed by atoms with van der Waals surface area (Å²) >= 11 is 0. The van der Waals surface area contributed by atoms with Gasteiger partial charge in [0.1, 0.15) is 0 Å². The van der Waals surface area contributed by atoms with Gasteiger partial charge in [-0.05, 0) is 90.0 Å². The number of carbonyl (C=O) groups is 1. The van der Waals surface area contributed by atoms with Crippen molar-refractivity contribution in [2.24, 2.45) is 5.92 Å². The second-order valence-electron chi connectivity index (χ2n) is 10.3. The Kier molecular flexibility index (Phi) is 5.75. The van der Waals surface area contributed by atoms with Gasteiger partial charge in [-0.25, -0.2) is 4.79 Å². The van der Waals surface area contributed by atoms with Gasteiger partial charge in [-0.3, -0.25) is 0 Å². The van der Waals surface area contributed by atoms with E-state index in [1.807, 2.05) is 38.1 Å². The molecular weight excluding hydrogens is 368 g/mol. The number of allylic oxidation sites excluding steroid dienone is 1. The van der Waals surface area contributed by atoms with Gasteiger partial charge in [0, 0.05) is 0 Å². The summed E-state index contributed by atoms with van der Waals surface area (Å²) in [4.78, 5) is 12.1. The maximum absolute atomic E-state index is 12.1. The zero-order valence-electron chi connectivity index (χ0n) is 20.0. The van der Waals surface area contributed by atoms with Crippen LogP contribution in [0.5, 0.6) is 0 Å². The number of hydrogen-bond acceptors (Lipinski definition) is 2. The Bertz CT molecular complexity index is 988. The Morgan fingerprint density at radius 2 is 1.53 bits per heavy atom. The maximum atomic E-state index is 12.1. The Morgan fingerprint density at radius 3 is 2.07 bits per heavy atom. The summed E-state index contributed by atoms with van der Waals surface area (Å²) in [5.74, 6) is 0.308. The number of rotatable bonds is 4. The van der Waals surface area contributed by atoms with E-state index in [2.05, 4.69) is 66.7 Å². The summed E-state index contributed by atoms with van der Waals surface area (Å²) in [5, 5.41) is 0. The maximum Gasteiger partial charge on any atom is 0.338 e. The highest BCUT2D eigenvalue weighted by atomic mass is 16.5. The van der Waals surface area contributed by atoms with Crippen molar-refractivity contribution >= 4 is 17.6 Å². The summed E-state index contributed by atoms with van der Waals surface area (Å²) in [7, 11) is 0. The molecule has 160 valence electrons. The largest absolute Gasteiger partial charge is 0.459 e. The van der Waals surface area contributed by atoms with Gasteiger partial charge >= 0.3 is 5.97 Å². The van der Waals surface area contributed by atoms with Crippen LogP contribution in [0.2, 0.25) is 0 Å². The smallest absolute Gasteiger partial charge is 0.338 e. The predicted octanol–water partition coefficient (Wildman–Crippen LogP) is 7.33. The van der Waals surface area contributed by atoms with Gasteiger partial charge in [-0.1, -0.05) is 65.0 Å². The molecular formula is C28H36O2. The zero-order chi connectivity index (χ0) is 22.4. The van der Waals surface area contributed by atoms with Crippen LogP contribution >= 0.6 is 0 Å². The van der Waals surface area contributed by atoms with E-state index in [0.717, 1.165) is 5.56 Å². The Morgan fingerprint density at radius 1 is 1.00 bits per heavy atom. The van der Waals surface area contributed by atoms with Crippen LogP contribution in [0.1, 0.15) is 93.6 Å². The first kappa shape index (κ1) is 22.3. The predicted molar refractivity (Wildman–Crippen MR) is 127 cm³/mol. The Labute approximate surface area is 182 Å². The summed E-state index contributed by atoms with van der Waals surface area (Å²) in [6.07, 6.45) is 2.09. The summed E-state index contributed by atoms with van der Waals surface area (Å²) < 4.78 is 5.28. The van der Waals surface area contributed by atoms with E-state index in [-0.39, 0.29) is 22.9 Å². The SMILES string of the molecule is C/C(=C\c1ccc(C(=O)OC(C)C)cc1)c1cc2c(cc1C)C(C)(C)C(C)C2(C)C. The molecule has 1 aliphatic carbocycles. The van der Waals surface area contributed by atoms with Crippen LogP contribution in [0.25, 0.3) is 11.6 Å². The van der Waals surface area contributed by atoms with Crippen molar-refractivity contribution < 1.29 is 9.53 Å². The second kappa shape index (κ2) is 7.72. The van der Waals surface area contributed by atoms with Crippen LogP contribution in [-0.2, 0) is 15.6 Å². The van der Waals surface area contributed by atoms with E-state index in [1.54, 1.807) is 0 Å². The lowest BCUT2D eigenvalue weighted by atomic mass is 9.71. The molecule has 1 aliphatic rings. The minimum absolute atomic E-state index is 0.112. The highest BCUT2D eigenvalue weighted by Gasteiger charge is 2.48. The molecule has 0 amide bonds. The van der Waals surface area contributed by atoms with Crippen LogP contribution in [-0.4, -0.2) is 12.1 Å². The van der Waals surface area contributed by atoms with Crippen molar-refractivity contribution in [3.63, 3.8) is 0 Å². The number of fused-ring (bicyclic) bond motifs is 1. The average molecular weight is 405 g/mol. The molecule has 3 rings (SSSR count). The molecule has 2 aromatic rings. The van der Waals surface area contributed by atoms with Gasteiger partial charge in [-0.15, -0.1) is 0 Å². The second-order valence-corrected chi connectivity index (χ2v) is 10.3. The summed E-state index contributed by atoms with van der Waals surface area (Å²) in [6.45, 7) is 20.0. The normalized spacial score (nSPS) is 19.7. The van der Waals surface area contributed by atoms with Gasteiger partial charge in [0.15, 0.2) is 0 Å². The molecule has 2 nitrogen and oxygen atoms in total. The molecule has 0 N–H and O–H groups in total. The summed E-state index contributed by atoms with van der Waals surface area (Å²) in [6, 6.07) is 12.5. The molecule has 0 radical (unpaired) electrons. The van der Waals surface area contributed by atoms with Crippen LogP contribution in [0, 0.1) is 12.8 Å². The molecule has 1 unspecified atom stereocenters. The molecule has 0 saturated carbocycles. The van der Waals surface area contributed by atoms with Crippen LogP contribution in [0.3, 0.4) is 0 Å². The molecule has 0 fully saturated rings. The molecule has 0 aromatic heterocycles.